The van der Waals surface area contributed by atoms with Gasteiger partial charge in [-0.3, -0.25) is 9.59 Å². The Balaban J connectivity index is 1.59. The lowest BCUT2D eigenvalue weighted by Gasteiger charge is -2.12. The van der Waals surface area contributed by atoms with Crippen LogP contribution < -0.4 is 10.1 Å². The van der Waals surface area contributed by atoms with Crippen molar-refractivity contribution in [2.45, 2.75) is 0 Å². The van der Waals surface area contributed by atoms with Gasteiger partial charge in [0.2, 0.25) is 0 Å². The molecule has 5 nitrogen and oxygen atoms in total. The Morgan fingerprint density at radius 1 is 0.821 bits per heavy atom. The van der Waals surface area contributed by atoms with E-state index in [0.29, 0.717) is 17.0 Å². The summed E-state index contributed by atoms with van der Waals surface area (Å²) in [6.07, 6.45) is 0. The molecule has 3 rings (SSSR count). The number of nitrogens with one attached hydrogen (secondary N) is 1. The number of likely N-dealkylation sites (N-methyl/N-ethyl adjacent to an activating group) is 1. The Bertz CT molecular complexity index is 934. The summed E-state index contributed by atoms with van der Waals surface area (Å²) in [6.45, 7) is -0.0214. The molecule has 2 amide bonds. The molecule has 0 aliphatic carbocycles. The molecule has 0 spiro atoms. The zero-order chi connectivity index (χ0) is 19.9. The second-order valence-electron chi connectivity index (χ2n) is 6.50. The molecule has 5 heteroatoms. The van der Waals surface area contributed by atoms with Gasteiger partial charge in [0.05, 0.1) is 0 Å². The standard InChI is InChI=1S/C23H22N2O3/c1-25(2)22(26)16-28-21-14-12-20(13-15-21)24-23(27)19-10-8-18(9-11-19)17-6-4-3-5-7-17/h3-15H,16H2,1-2H3,(H,24,27). The van der Waals surface area contributed by atoms with Crippen LogP contribution in [0.4, 0.5) is 5.69 Å². The monoisotopic (exact) mass is 374 g/mol. The highest BCUT2D eigenvalue weighted by molar-refractivity contribution is 6.04. The highest BCUT2D eigenvalue weighted by atomic mass is 16.5. The van der Waals surface area contributed by atoms with Crippen molar-refractivity contribution < 1.29 is 14.3 Å². The molecule has 3 aromatic rings. The molecule has 0 radical (unpaired) electrons. The van der Waals surface area contributed by atoms with E-state index < -0.39 is 0 Å². The van der Waals surface area contributed by atoms with E-state index in [1.165, 1.54) is 4.90 Å². The average molecular weight is 374 g/mol. The van der Waals surface area contributed by atoms with E-state index >= 15 is 0 Å². The Morgan fingerprint density at radius 2 is 1.43 bits per heavy atom. The molecule has 28 heavy (non-hydrogen) atoms. The van der Waals surface area contributed by atoms with Crippen molar-refractivity contribution in [2.75, 3.05) is 26.0 Å². The summed E-state index contributed by atoms with van der Waals surface area (Å²) >= 11 is 0. The third kappa shape index (κ3) is 4.98. The minimum atomic E-state index is -0.184. The summed E-state index contributed by atoms with van der Waals surface area (Å²) in [6, 6.07) is 24.4. The number of carbonyl (C=O) groups excluding carboxylic acids is 2. The molecule has 0 aliphatic rings. The number of amides is 2. The van der Waals surface area contributed by atoms with Crippen molar-refractivity contribution in [2.24, 2.45) is 0 Å². The largest absolute Gasteiger partial charge is 0.484 e. The highest BCUT2D eigenvalue weighted by Gasteiger charge is 2.08. The molecular weight excluding hydrogens is 352 g/mol. The van der Waals surface area contributed by atoms with Gasteiger partial charge >= 0.3 is 0 Å². The molecule has 1 N–H and O–H groups in total. The van der Waals surface area contributed by atoms with Gasteiger partial charge in [-0.2, -0.15) is 0 Å². The van der Waals surface area contributed by atoms with Crippen LogP contribution in [0.2, 0.25) is 0 Å². The van der Waals surface area contributed by atoms with E-state index in [1.807, 2.05) is 54.6 Å². The van der Waals surface area contributed by atoms with Crippen molar-refractivity contribution in [3.05, 3.63) is 84.4 Å². The van der Waals surface area contributed by atoms with Gasteiger partial charge in [-0.05, 0) is 47.5 Å². The average Bonchev–Trinajstić information content (AvgIpc) is 2.73. The second kappa shape index (κ2) is 8.86. The number of rotatable bonds is 6. The van der Waals surface area contributed by atoms with Gasteiger partial charge in [0.25, 0.3) is 11.8 Å². The first-order valence-corrected chi connectivity index (χ1v) is 8.93. The molecule has 0 atom stereocenters. The van der Waals surface area contributed by atoms with Crippen LogP contribution in [-0.4, -0.2) is 37.4 Å². The Morgan fingerprint density at radius 3 is 2.04 bits per heavy atom. The minimum Gasteiger partial charge on any atom is -0.484 e. The fraction of sp³-hybridized carbons (Fsp3) is 0.130. The van der Waals surface area contributed by atoms with Gasteiger partial charge in [-0.15, -0.1) is 0 Å². The van der Waals surface area contributed by atoms with E-state index in [9.17, 15) is 9.59 Å². The molecule has 142 valence electrons. The van der Waals surface area contributed by atoms with Crippen molar-refractivity contribution >= 4 is 17.5 Å². The molecule has 0 bridgehead atoms. The number of ether oxygens (including phenoxy) is 1. The Labute approximate surface area is 164 Å². The van der Waals surface area contributed by atoms with Crippen LogP contribution in [0.15, 0.2) is 78.9 Å². The summed E-state index contributed by atoms with van der Waals surface area (Å²) in [4.78, 5) is 25.5. The van der Waals surface area contributed by atoms with Crippen LogP contribution in [-0.2, 0) is 4.79 Å². The molecule has 3 aromatic carbocycles. The third-order valence-corrected chi connectivity index (χ3v) is 4.23. The van der Waals surface area contributed by atoms with E-state index in [0.717, 1.165) is 11.1 Å². The first-order chi connectivity index (χ1) is 13.5. The van der Waals surface area contributed by atoms with Crippen LogP contribution >= 0.6 is 0 Å². The van der Waals surface area contributed by atoms with Gasteiger partial charge in [0.1, 0.15) is 5.75 Å². The predicted octanol–water partition coefficient (Wildman–Crippen LogP) is 4.07. The van der Waals surface area contributed by atoms with Crippen LogP contribution in [0, 0.1) is 0 Å². The lowest BCUT2D eigenvalue weighted by molar-refractivity contribution is -0.130. The molecule has 0 heterocycles. The quantitative estimate of drug-likeness (QED) is 0.707. The molecule has 0 fully saturated rings. The zero-order valence-corrected chi connectivity index (χ0v) is 15.9. The van der Waals surface area contributed by atoms with Crippen LogP contribution in [0.25, 0.3) is 11.1 Å². The Kier molecular flexibility index (Phi) is 6.07. The summed E-state index contributed by atoms with van der Waals surface area (Å²) in [5.41, 5.74) is 3.41. The van der Waals surface area contributed by atoms with Crippen LogP contribution in [0.3, 0.4) is 0 Å². The molecular formula is C23H22N2O3. The number of hydrogen-bond acceptors (Lipinski definition) is 3. The summed E-state index contributed by atoms with van der Waals surface area (Å²) < 4.78 is 5.42. The second-order valence-corrected chi connectivity index (χ2v) is 6.50. The lowest BCUT2D eigenvalue weighted by Crippen LogP contribution is -2.27. The lowest BCUT2D eigenvalue weighted by atomic mass is 10.0. The number of hydrogen-bond donors (Lipinski definition) is 1. The minimum absolute atomic E-state index is 0.0214. The molecule has 0 saturated heterocycles. The maximum Gasteiger partial charge on any atom is 0.259 e. The number of nitrogens with zero attached hydrogens (tertiary/aromatic N) is 1. The molecule has 0 unspecified atom stereocenters. The fourth-order valence-corrected chi connectivity index (χ4v) is 2.56. The first kappa shape index (κ1) is 19.2. The summed E-state index contributed by atoms with van der Waals surface area (Å²) in [5, 5.41) is 2.86. The van der Waals surface area contributed by atoms with E-state index in [1.54, 1.807) is 38.4 Å². The summed E-state index contributed by atoms with van der Waals surface area (Å²) in [7, 11) is 3.35. The predicted molar refractivity (Wildman–Crippen MR) is 110 cm³/mol. The molecule has 0 aromatic heterocycles. The highest BCUT2D eigenvalue weighted by Crippen LogP contribution is 2.20. The maximum absolute atomic E-state index is 12.4. The number of benzene rings is 3. The van der Waals surface area contributed by atoms with E-state index in [2.05, 4.69) is 5.32 Å². The third-order valence-electron chi connectivity index (χ3n) is 4.23. The normalized spacial score (nSPS) is 10.2. The van der Waals surface area contributed by atoms with Gasteiger partial charge in [-0.1, -0.05) is 42.5 Å². The van der Waals surface area contributed by atoms with Gasteiger partial charge in [0.15, 0.2) is 6.61 Å². The molecule has 0 aliphatic heterocycles. The maximum atomic E-state index is 12.4. The van der Waals surface area contributed by atoms with Crippen molar-refractivity contribution in [3.63, 3.8) is 0 Å². The van der Waals surface area contributed by atoms with Gasteiger partial charge < -0.3 is 15.0 Å². The summed E-state index contributed by atoms with van der Waals surface area (Å²) in [5.74, 6) is 0.271. The zero-order valence-electron chi connectivity index (χ0n) is 15.9. The smallest absolute Gasteiger partial charge is 0.259 e. The van der Waals surface area contributed by atoms with E-state index in [-0.39, 0.29) is 18.4 Å². The van der Waals surface area contributed by atoms with E-state index in [4.69, 9.17) is 4.74 Å². The first-order valence-electron chi connectivity index (χ1n) is 8.93. The SMILES string of the molecule is CN(C)C(=O)COc1ccc(NC(=O)c2ccc(-c3ccccc3)cc2)cc1. The Hall–Kier alpha value is -3.60. The fourth-order valence-electron chi connectivity index (χ4n) is 2.56. The van der Waals surface area contributed by atoms with Gasteiger partial charge in [-0.25, -0.2) is 0 Å². The van der Waals surface area contributed by atoms with Crippen LogP contribution in [0.5, 0.6) is 5.75 Å². The van der Waals surface area contributed by atoms with Crippen molar-refractivity contribution in [1.29, 1.82) is 0 Å². The van der Waals surface area contributed by atoms with Crippen molar-refractivity contribution in [3.8, 4) is 16.9 Å². The van der Waals surface area contributed by atoms with Gasteiger partial charge in [0, 0.05) is 25.3 Å². The number of carbonyl (C=O) groups is 2. The number of anilines is 1. The topological polar surface area (TPSA) is 58.6 Å². The molecule has 0 saturated carbocycles. The van der Waals surface area contributed by atoms with Crippen LogP contribution in [0.1, 0.15) is 10.4 Å². The van der Waals surface area contributed by atoms with Crippen molar-refractivity contribution in [1.82, 2.24) is 4.90 Å².